The monoisotopic (exact) mass is 439 g/mol. The van der Waals surface area contributed by atoms with E-state index in [1.54, 1.807) is 36.8 Å². The number of anilines is 2. The minimum absolute atomic E-state index is 0.0357. The summed E-state index contributed by atoms with van der Waals surface area (Å²) >= 11 is 0. The van der Waals surface area contributed by atoms with Gasteiger partial charge in [0.15, 0.2) is 11.5 Å². The summed E-state index contributed by atoms with van der Waals surface area (Å²) in [7, 11) is -3.64. The molecule has 1 aliphatic rings. The Bertz CT molecular complexity index is 1150. The van der Waals surface area contributed by atoms with Crippen molar-refractivity contribution in [3.63, 3.8) is 0 Å². The highest BCUT2D eigenvalue weighted by atomic mass is 32.2. The Morgan fingerprint density at radius 3 is 2.48 bits per heavy atom. The average Bonchev–Trinajstić information content (AvgIpc) is 3.64. The van der Waals surface area contributed by atoms with Gasteiger partial charge < -0.3 is 10.6 Å². The van der Waals surface area contributed by atoms with E-state index in [-0.39, 0.29) is 29.5 Å². The molecule has 2 aromatic heterocycles. The van der Waals surface area contributed by atoms with Crippen molar-refractivity contribution >= 4 is 27.4 Å². The Hall–Kier alpha value is -3.44. The van der Waals surface area contributed by atoms with Crippen LogP contribution in [0.1, 0.15) is 34.9 Å². The van der Waals surface area contributed by atoms with Crippen molar-refractivity contribution in [2.45, 2.75) is 23.7 Å². The molecule has 31 heavy (non-hydrogen) atoms. The Morgan fingerprint density at radius 2 is 1.77 bits per heavy atom. The number of aromatic nitrogens is 4. The minimum Gasteiger partial charge on any atom is -0.349 e. The second kappa shape index (κ2) is 9.14. The van der Waals surface area contributed by atoms with Gasteiger partial charge in [-0.05, 0) is 25.0 Å². The molecular weight excluding hydrogens is 418 g/mol. The fourth-order valence-electron chi connectivity index (χ4n) is 2.86. The van der Waals surface area contributed by atoms with Gasteiger partial charge in [-0.1, -0.05) is 18.2 Å². The second-order valence-corrected chi connectivity index (χ2v) is 8.75. The van der Waals surface area contributed by atoms with Gasteiger partial charge in [0.1, 0.15) is 6.33 Å². The molecule has 0 bridgehead atoms. The molecule has 0 spiro atoms. The summed E-state index contributed by atoms with van der Waals surface area (Å²) in [5.74, 6) is 0.153. The molecule has 3 N–H and O–H groups in total. The van der Waals surface area contributed by atoms with Crippen LogP contribution in [-0.2, 0) is 10.0 Å². The zero-order valence-corrected chi connectivity index (χ0v) is 17.3. The number of hydrogen-bond acceptors (Lipinski definition) is 8. The van der Waals surface area contributed by atoms with Crippen molar-refractivity contribution in [2.75, 3.05) is 18.4 Å². The molecule has 3 aromatic rings. The Balaban J connectivity index is 1.41. The van der Waals surface area contributed by atoms with Crippen molar-refractivity contribution in [2.24, 2.45) is 0 Å². The molecule has 0 saturated heterocycles. The van der Waals surface area contributed by atoms with Crippen LogP contribution in [0, 0.1) is 0 Å². The van der Waals surface area contributed by atoms with E-state index in [1.165, 1.54) is 18.5 Å². The predicted octanol–water partition coefficient (Wildman–Crippen LogP) is 1.60. The van der Waals surface area contributed by atoms with Crippen molar-refractivity contribution in [3.8, 4) is 0 Å². The lowest BCUT2D eigenvalue weighted by Crippen LogP contribution is -2.35. The van der Waals surface area contributed by atoms with E-state index in [9.17, 15) is 13.2 Å². The first-order valence-electron chi connectivity index (χ1n) is 9.75. The quantitative estimate of drug-likeness (QED) is 0.427. The first kappa shape index (κ1) is 20.8. The molecule has 0 radical (unpaired) electrons. The number of benzene rings is 1. The van der Waals surface area contributed by atoms with E-state index in [0.29, 0.717) is 11.6 Å². The lowest BCUT2D eigenvalue weighted by Gasteiger charge is -2.12. The number of sulfonamides is 1. The molecule has 0 aliphatic heterocycles. The Labute approximate surface area is 179 Å². The minimum atomic E-state index is -3.64. The van der Waals surface area contributed by atoms with E-state index < -0.39 is 15.9 Å². The van der Waals surface area contributed by atoms with Gasteiger partial charge in [0.25, 0.3) is 5.91 Å². The number of rotatable bonds is 9. The summed E-state index contributed by atoms with van der Waals surface area (Å²) < 4.78 is 27.0. The van der Waals surface area contributed by atoms with E-state index in [2.05, 4.69) is 35.3 Å². The number of nitrogens with one attached hydrogen (secondary N) is 3. The summed E-state index contributed by atoms with van der Waals surface area (Å²) in [6.07, 6.45) is 8.23. The van der Waals surface area contributed by atoms with E-state index in [1.807, 2.05) is 0 Å². The molecule has 0 atom stereocenters. The third-order valence-corrected chi connectivity index (χ3v) is 6.06. The van der Waals surface area contributed by atoms with Gasteiger partial charge in [0.05, 0.1) is 34.9 Å². The summed E-state index contributed by atoms with van der Waals surface area (Å²) in [5, 5.41) is 5.70. The molecule has 10 nitrogen and oxygen atoms in total. The molecule has 1 saturated carbocycles. The standard InChI is InChI=1S/C20H21N7O3S/c28-20(23-8-9-25-31(29,30)16-4-2-1-3-5-16)18-19(26-15-10-21-13-22-11-15)24-12-17(27-18)14-6-7-14/h1-5,10-14,25H,6-9H2,(H,23,28)(H,24,26). The molecular formula is C20H21N7O3S. The van der Waals surface area contributed by atoms with Gasteiger partial charge in [-0.3, -0.25) is 4.79 Å². The maximum atomic E-state index is 12.8. The van der Waals surface area contributed by atoms with Crippen LogP contribution < -0.4 is 15.4 Å². The van der Waals surface area contributed by atoms with Gasteiger partial charge in [-0.15, -0.1) is 0 Å². The second-order valence-electron chi connectivity index (χ2n) is 6.99. The predicted molar refractivity (Wildman–Crippen MR) is 113 cm³/mol. The van der Waals surface area contributed by atoms with Gasteiger partial charge in [0.2, 0.25) is 10.0 Å². The fourth-order valence-corrected chi connectivity index (χ4v) is 3.91. The van der Waals surface area contributed by atoms with Crippen LogP contribution in [0.3, 0.4) is 0 Å². The first-order chi connectivity index (χ1) is 15.0. The lowest BCUT2D eigenvalue weighted by atomic mass is 10.2. The van der Waals surface area contributed by atoms with Crippen LogP contribution in [0.4, 0.5) is 11.5 Å². The van der Waals surface area contributed by atoms with Crippen LogP contribution >= 0.6 is 0 Å². The highest BCUT2D eigenvalue weighted by molar-refractivity contribution is 7.89. The largest absolute Gasteiger partial charge is 0.349 e. The van der Waals surface area contributed by atoms with Crippen LogP contribution in [0.5, 0.6) is 0 Å². The summed E-state index contributed by atoms with van der Waals surface area (Å²) in [5.41, 5.74) is 1.48. The van der Waals surface area contributed by atoms with Crippen molar-refractivity contribution in [3.05, 3.63) is 66.6 Å². The van der Waals surface area contributed by atoms with Gasteiger partial charge in [-0.2, -0.15) is 0 Å². The number of carbonyl (C=O) groups is 1. The van der Waals surface area contributed by atoms with Crippen LogP contribution in [0.25, 0.3) is 0 Å². The number of carbonyl (C=O) groups excluding carboxylic acids is 1. The normalized spacial score (nSPS) is 13.5. The highest BCUT2D eigenvalue weighted by Crippen LogP contribution is 2.39. The van der Waals surface area contributed by atoms with E-state index >= 15 is 0 Å². The fraction of sp³-hybridized carbons (Fsp3) is 0.250. The number of amides is 1. The molecule has 1 aliphatic carbocycles. The summed E-state index contributed by atoms with van der Waals surface area (Å²) in [6.45, 7) is 0.127. The van der Waals surface area contributed by atoms with Crippen LogP contribution in [0.15, 0.2) is 60.1 Å². The molecule has 1 amide bonds. The van der Waals surface area contributed by atoms with Crippen molar-refractivity contribution in [1.82, 2.24) is 30.0 Å². The molecule has 11 heteroatoms. The third kappa shape index (κ3) is 5.38. The lowest BCUT2D eigenvalue weighted by molar-refractivity contribution is 0.0949. The molecule has 1 aromatic carbocycles. The zero-order valence-electron chi connectivity index (χ0n) is 16.5. The SMILES string of the molecule is O=C(NCCNS(=O)(=O)c1ccccc1)c1nc(C2CC2)cnc1Nc1cncnc1. The van der Waals surface area contributed by atoms with Crippen LogP contribution in [0.2, 0.25) is 0 Å². The highest BCUT2D eigenvalue weighted by Gasteiger charge is 2.27. The van der Waals surface area contributed by atoms with Crippen molar-refractivity contribution < 1.29 is 13.2 Å². The Morgan fingerprint density at radius 1 is 1.03 bits per heavy atom. The van der Waals surface area contributed by atoms with Crippen LogP contribution in [-0.4, -0.2) is 47.4 Å². The van der Waals surface area contributed by atoms with Gasteiger partial charge in [-0.25, -0.2) is 33.1 Å². The van der Waals surface area contributed by atoms with E-state index in [0.717, 1.165) is 18.5 Å². The average molecular weight is 440 g/mol. The molecule has 160 valence electrons. The number of hydrogen-bond donors (Lipinski definition) is 3. The van der Waals surface area contributed by atoms with Crippen molar-refractivity contribution in [1.29, 1.82) is 0 Å². The molecule has 0 unspecified atom stereocenters. The number of nitrogens with zero attached hydrogens (tertiary/aromatic N) is 4. The summed E-state index contributed by atoms with van der Waals surface area (Å²) in [6, 6.07) is 8.04. The maximum Gasteiger partial charge on any atom is 0.273 e. The molecule has 2 heterocycles. The molecule has 1 fully saturated rings. The smallest absolute Gasteiger partial charge is 0.273 e. The topological polar surface area (TPSA) is 139 Å². The van der Waals surface area contributed by atoms with Gasteiger partial charge in [0, 0.05) is 19.0 Å². The van der Waals surface area contributed by atoms with Gasteiger partial charge >= 0.3 is 0 Å². The third-order valence-electron chi connectivity index (χ3n) is 4.58. The first-order valence-corrected chi connectivity index (χ1v) is 11.2. The summed E-state index contributed by atoms with van der Waals surface area (Å²) in [4.78, 5) is 29.7. The maximum absolute atomic E-state index is 12.8. The Kier molecular flexibility index (Phi) is 6.14. The molecule has 4 rings (SSSR count). The van der Waals surface area contributed by atoms with E-state index in [4.69, 9.17) is 0 Å². The zero-order chi connectivity index (χ0) is 21.7.